The number of rotatable bonds is 5. The lowest BCUT2D eigenvalue weighted by atomic mass is 9.71. The maximum absolute atomic E-state index is 5.75. The van der Waals surface area contributed by atoms with E-state index in [1.807, 2.05) is 0 Å². The fraction of sp³-hybridized carbons (Fsp3) is 0.684. The smallest absolute Gasteiger partial charge is 0.161 e. The molecule has 6 heteroatoms. The molecule has 1 aromatic rings. The summed E-state index contributed by atoms with van der Waals surface area (Å²) in [6.07, 6.45) is 6.27. The normalized spacial score (nSPS) is 21.2. The van der Waals surface area contributed by atoms with E-state index >= 15 is 0 Å². The summed E-state index contributed by atoms with van der Waals surface area (Å²) in [7, 11) is 3.45. The van der Waals surface area contributed by atoms with Crippen molar-refractivity contribution in [1.82, 2.24) is 4.90 Å². The van der Waals surface area contributed by atoms with E-state index < -0.39 is 0 Å². The van der Waals surface area contributed by atoms with Crippen LogP contribution in [0.5, 0.6) is 11.5 Å². The second kappa shape index (κ2) is 9.31. The third kappa shape index (κ3) is 4.02. The van der Waals surface area contributed by atoms with Crippen molar-refractivity contribution in [1.29, 1.82) is 0 Å². The zero-order chi connectivity index (χ0) is 16.4. The number of hydrogen-bond donors (Lipinski definition) is 1. The molecule has 25 heavy (non-hydrogen) atoms. The fourth-order valence-corrected chi connectivity index (χ4v) is 4.55. The average molecular weight is 391 g/mol. The second-order valence-corrected chi connectivity index (χ2v) is 7.07. The molecule has 1 atom stereocenters. The van der Waals surface area contributed by atoms with Gasteiger partial charge in [0.1, 0.15) is 0 Å². The summed E-state index contributed by atoms with van der Waals surface area (Å²) >= 11 is 0. The highest BCUT2D eigenvalue weighted by Gasteiger charge is 2.44. The van der Waals surface area contributed by atoms with Crippen molar-refractivity contribution in [3.05, 3.63) is 23.3 Å². The predicted molar refractivity (Wildman–Crippen MR) is 108 cm³/mol. The Morgan fingerprint density at radius 2 is 1.72 bits per heavy atom. The maximum Gasteiger partial charge on any atom is 0.161 e. The lowest BCUT2D eigenvalue weighted by molar-refractivity contribution is 0.135. The number of methoxy groups -OCH3 is 2. The Hall–Kier alpha value is -0.680. The Balaban J connectivity index is 0.00000156. The van der Waals surface area contributed by atoms with Crippen LogP contribution >= 0.6 is 24.8 Å². The van der Waals surface area contributed by atoms with Gasteiger partial charge in [-0.3, -0.25) is 4.90 Å². The van der Waals surface area contributed by atoms with Crippen LogP contribution in [0.1, 0.15) is 56.2 Å². The van der Waals surface area contributed by atoms with Gasteiger partial charge in [-0.05, 0) is 62.5 Å². The summed E-state index contributed by atoms with van der Waals surface area (Å²) in [6, 6.07) is 4.85. The second-order valence-electron chi connectivity index (χ2n) is 7.07. The molecular formula is C19H32Cl2N2O2. The van der Waals surface area contributed by atoms with Crippen molar-refractivity contribution >= 4 is 24.8 Å². The summed E-state index contributed by atoms with van der Waals surface area (Å²) in [4.78, 5) is 2.62. The first-order valence-corrected chi connectivity index (χ1v) is 8.86. The highest BCUT2D eigenvalue weighted by atomic mass is 35.5. The SMILES string of the molecule is COc1cc2c(cc1OC)C1(CCCC1)CN(CCCN)C2C.Cl.Cl. The first-order chi connectivity index (χ1) is 11.1. The Bertz CT molecular complexity index is 563. The third-order valence-electron chi connectivity index (χ3n) is 5.84. The number of ether oxygens (including phenoxy) is 2. The van der Waals surface area contributed by atoms with E-state index in [-0.39, 0.29) is 30.2 Å². The van der Waals surface area contributed by atoms with Crippen LogP contribution in [-0.4, -0.2) is 38.8 Å². The molecule has 2 N–H and O–H groups in total. The van der Waals surface area contributed by atoms with Crippen molar-refractivity contribution in [3.8, 4) is 11.5 Å². The van der Waals surface area contributed by atoms with Crippen LogP contribution < -0.4 is 15.2 Å². The van der Waals surface area contributed by atoms with Gasteiger partial charge in [-0.1, -0.05) is 12.8 Å². The number of hydrogen-bond acceptors (Lipinski definition) is 4. The van der Waals surface area contributed by atoms with Crippen molar-refractivity contribution in [2.75, 3.05) is 33.9 Å². The minimum atomic E-state index is 0. The van der Waals surface area contributed by atoms with Crippen molar-refractivity contribution < 1.29 is 9.47 Å². The molecular weight excluding hydrogens is 359 g/mol. The molecule has 2 aliphatic rings. The van der Waals surface area contributed by atoms with Gasteiger partial charge in [-0.15, -0.1) is 24.8 Å². The quantitative estimate of drug-likeness (QED) is 0.822. The van der Waals surface area contributed by atoms with E-state index in [0.717, 1.165) is 37.6 Å². The Morgan fingerprint density at radius 3 is 2.28 bits per heavy atom. The fourth-order valence-electron chi connectivity index (χ4n) is 4.55. The number of halogens is 2. The molecule has 0 aromatic heterocycles. The number of nitrogens with zero attached hydrogens (tertiary/aromatic N) is 1. The van der Waals surface area contributed by atoms with E-state index in [1.165, 1.54) is 36.8 Å². The Kier molecular flexibility index (Phi) is 8.33. The van der Waals surface area contributed by atoms with Crippen LogP contribution in [0.2, 0.25) is 0 Å². The molecule has 1 unspecified atom stereocenters. The van der Waals surface area contributed by atoms with E-state index in [1.54, 1.807) is 14.2 Å². The topological polar surface area (TPSA) is 47.7 Å². The van der Waals surface area contributed by atoms with Gasteiger partial charge in [-0.25, -0.2) is 0 Å². The highest BCUT2D eigenvalue weighted by molar-refractivity contribution is 5.85. The third-order valence-corrected chi connectivity index (χ3v) is 5.84. The molecule has 0 radical (unpaired) electrons. The molecule has 1 saturated carbocycles. The predicted octanol–water partition coefficient (Wildman–Crippen LogP) is 4.08. The molecule has 0 amide bonds. The zero-order valence-electron chi connectivity index (χ0n) is 15.5. The molecule has 4 nitrogen and oxygen atoms in total. The van der Waals surface area contributed by atoms with Crippen LogP contribution in [-0.2, 0) is 5.41 Å². The maximum atomic E-state index is 5.75. The van der Waals surface area contributed by atoms with Crippen LogP contribution in [0.15, 0.2) is 12.1 Å². The van der Waals surface area contributed by atoms with Crippen molar-refractivity contribution in [2.24, 2.45) is 5.73 Å². The first kappa shape index (κ1) is 22.4. The number of benzene rings is 1. The average Bonchev–Trinajstić information content (AvgIpc) is 3.05. The van der Waals surface area contributed by atoms with E-state index in [2.05, 4.69) is 24.0 Å². The summed E-state index contributed by atoms with van der Waals surface area (Å²) in [5, 5.41) is 0. The molecule has 1 aliphatic carbocycles. The van der Waals surface area contributed by atoms with Gasteiger partial charge in [0, 0.05) is 18.0 Å². The van der Waals surface area contributed by atoms with Gasteiger partial charge >= 0.3 is 0 Å². The van der Waals surface area contributed by atoms with Crippen LogP contribution in [0.25, 0.3) is 0 Å². The van der Waals surface area contributed by atoms with Crippen LogP contribution in [0.3, 0.4) is 0 Å². The minimum absolute atomic E-state index is 0. The van der Waals surface area contributed by atoms with Crippen molar-refractivity contribution in [3.63, 3.8) is 0 Å². The molecule has 1 spiro atoms. The van der Waals surface area contributed by atoms with Gasteiger partial charge in [0.05, 0.1) is 14.2 Å². The molecule has 1 aliphatic heterocycles. The van der Waals surface area contributed by atoms with Gasteiger partial charge in [0.25, 0.3) is 0 Å². The summed E-state index contributed by atoms with van der Waals surface area (Å²) in [5.74, 6) is 1.70. The highest BCUT2D eigenvalue weighted by Crippen LogP contribution is 2.51. The first-order valence-electron chi connectivity index (χ1n) is 8.86. The summed E-state index contributed by atoms with van der Waals surface area (Å²) in [5.41, 5.74) is 8.94. The van der Waals surface area contributed by atoms with Crippen molar-refractivity contribution in [2.45, 2.75) is 50.5 Å². The largest absolute Gasteiger partial charge is 0.493 e. The van der Waals surface area contributed by atoms with Crippen LogP contribution in [0, 0.1) is 0 Å². The standard InChI is InChI=1S/C19H30N2O2.2ClH/c1-14-15-11-17(22-2)18(23-3)12-16(15)19(7-4-5-8-19)13-21(14)10-6-9-20;;/h11-12,14H,4-10,13,20H2,1-3H3;2*1H. The molecule has 0 saturated heterocycles. The Labute approximate surface area is 164 Å². The van der Waals surface area contributed by atoms with E-state index in [0.29, 0.717) is 6.04 Å². The van der Waals surface area contributed by atoms with Gasteiger partial charge in [-0.2, -0.15) is 0 Å². The molecule has 1 aromatic carbocycles. The summed E-state index contributed by atoms with van der Waals surface area (Å²) < 4.78 is 11.1. The van der Waals surface area contributed by atoms with Gasteiger partial charge < -0.3 is 15.2 Å². The Morgan fingerprint density at radius 1 is 1.12 bits per heavy atom. The van der Waals surface area contributed by atoms with Crippen LogP contribution in [0.4, 0.5) is 0 Å². The van der Waals surface area contributed by atoms with Gasteiger partial charge in [0.15, 0.2) is 11.5 Å². The summed E-state index contributed by atoms with van der Waals surface area (Å²) in [6.45, 7) is 5.29. The number of nitrogens with two attached hydrogens (primary N) is 1. The minimum Gasteiger partial charge on any atom is -0.493 e. The monoisotopic (exact) mass is 390 g/mol. The van der Waals surface area contributed by atoms with Gasteiger partial charge in [0.2, 0.25) is 0 Å². The molecule has 0 bridgehead atoms. The molecule has 3 rings (SSSR count). The number of fused-ring (bicyclic) bond motifs is 2. The molecule has 1 fully saturated rings. The molecule has 144 valence electrons. The van der Waals surface area contributed by atoms with E-state index in [4.69, 9.17) is 15.2 Å². The van der Waals surface area contributed by atoms with E-state index in [9.17, 15) is 0 Å². The zero-order valence-corrected chi connectivity index (χ0v) is 17.2. The molecule has 1 heterocycles. The lowest BCUT2D eigenvalue weighted by Gasteiger charge is -2.46. The lowest BCUT2D eigenvalue weighted by Crippen LogP contribution is -2.46.